The Balaban J connectivity index is 1.54. The Bertz CT molecular complexity index is 1530. The summed E-state index contributed by atoms with van der Waals surface area (Å²) in [7, 11) is 0. The van der Waals surface area contributed by atoms with E-state index in [1.165, 1.54) is 11.3 Å². The summed E-state index contributed by atoms with van der Waals surface area (Å²) in [4.78, 5) is 18.4. The minimum atomic E-state index is -0.0592. The summed E-state index contributed by atoms with van der Waals surface area (Å²) in [6, 6.07) is 21.6. The molecule has 160 valence electrons. The van der Waals surface area contributed by atoms with Crippen molar-refractivity contribution >= 4 is 56.0 Å². The summed E-state index contributed by atoms with van der Waals surface area (Å²) in [6.07, 6.45) is 1.89. The number of thiazole rings is 1. The van der Waals surface area contributed by atoms with Crippen molar-refractivity contribution in [2.75, 3.05) is 6.61 Å². The highest BCUT2D eigenvalue weighted by atomic mass is 127. The quantitative estimate of drug-likeness (QED) is 0.276. The van der Waals surface area contributed by atoms with E-state index in [-0.39, 0.29) is 5.56 Å². The summed E-state index contributed by atoms with van der Waals surface area (Å²) in [6.45, 7) is 2.92. The zero-order valence-electron chi connectivity index (χ0n) is 17.2. The van der Waals surface area contributed by atoms with Crippen LogP contribution in [0, 0.1) is 3.57 Å². The summed E-state index contributed by atoms with van der Waals surface area (Å²) < 4.78 is 15.2. The second-order valence-corrected chi connectivity index (χ2v) is 9.34. The predicted octanol–water partition coefficient (Wildman–Crippen LogP) is 5.04. The minimum Gasteiger partial charge on any atom is -0.490 e. The zero-order chi connectivity index (χ0) is 22.1. The van der Waals surface area contributed by atoms with Gasteiger partial charge < -0.3 is 9.47 Å². The van der Waals surface area contributed by atoms with E-state index >= 15 is 0 Å². The summed E-state index contributed by atoms with van der Waals surface area (Å²) >= 11 is 3.64. The van der Waals surface area contributed by atoms with E-state index < -0.39 is 0 Å². The first-order chi connectivity index (χ1) is 15.6. The van der Waals surface area contributed by atoms with Gasteiger partial charge >= 0.3 is 0 Å². The number of hydrogen-bond donors (Lipinski definition) is 0. The third-order valence-electron chi connectivity index (χ3n) is 5.00. The maximum atomic E-state index is 13.1. The maximum absolute atomic E-state index is 13.1. The fraction of sp³-hybridized carbons (Fsp3) is 0.120. The van der Waals surface area contributed by atoms with Crippen molar-refractivity contribution in [1.29, 1.82) is 0 Å². The van der Waals surface area contributed by atoms with Crippen LogP contribution in [0.2, 0.25) is 0 Å². The topological polar surface area (TPSA) is 52.8 Å². The van der Waals surface area contributed by atoms with E-state index in [2.05, 4.69) is 27.6 Å². The first-order valence-corrected chi connectivity index (χ1v) is 12.1. The first kappa shape index (κ1) is 21.0. The fourth-order valence-corrected chi connectivity index (χ4v) is 5.34. The number of nitrogens with zero attached hydrogens (tertiary/aromatic N) is 2. The Morgan fingerprint density at radius 3 is 2.66 bits per heavy atom. The third kappa shape index (κ3) is 3.98. The number of hydrogen-bond acceptors (Lipinski definition) is 5. The molecular weight excluding hydrogens is 535 g/mol. The van der Waals surface area contributed by atoms with Crippen molar-refractivity contribution in [2.24, 2.45) is 0 Å². The number of fused-ring (bicyclic) bond motifs is 3. The zero-order valence-corrected chi connectivity index (χ0v) is 20.2. The highest BCUT2D eigenvalue weighted by Crippen LogP contribution is 2.35. The van der Waals surface area contributed by atoms with Gasteiger partial charge in [0.25, 0.3) is 5.56 Å². The normalized spacial score (nSPS) is 12.0. The van der Waals surface area contributed by atoms with Crippen LogP contribution in [-0.2, 0) is 6.61 Å². The fourth-order valence-electron chi connectivity index (χ4n) is 3.57. The molecule has 0 amide bonds. The van der Waals surface area contributed by atoms with Crippen LogP contribution < -0.4 is 19.6 Å². The van der Waals surface area contributed by atoms with Gasteiger partial charge in [0, 0.05) is 0 Å². The highest BCUT2D eigenvalue weighted by Gasteiger charge is 2.14. The Hall–Kier alpha value is -2.91. The summed E-state index contributed by atoms with van der Waals surface area (Å²) in [5.74, 6) is 1.38. The van der Waals surface area contributed by atoms with Gasteiger partial charge in [-0.1, -0.05) is 53.8 Å². The lowest BCUT2D eigenvalue weighted by Crippen LogP contribution is -2.22. The molecule has 5 nitrogen and oxygen atoms in total. The van der Waals surface area contributed by atoms with E-state index in [1.807, 2.05) is 79.7 Å². The van der Waals surface area contributed by atoms with Crippen molar-refractivity contribution in [3.63, 3.8) is 0 Å². The molecular formula is C25H19IN2O3S. The van der Waals surface area contributed by atoms with Gasteiger partial charge in [-0.2, -0.15) is 0 Å². The summed E-state index contributed by atoms with van der Waals surface area (Å²) in [5.41, 5.74) is 3.58. The van der Waals surface area contributed by atoms with Gasteiger partial charge in [0.1, 0.15) is 6.61 Å². The molecule has 5 rings (SSSR count). The Morgan fingerprint density at radius 1 is 1.06 bits per heavy atom. The number of benzene rings is 3. The van der Waals surface area contributed by atoms with Crippen LogP contribution in [0.15, 0.2) is 71.5 Å². The molecule has 2 aromatic heterocycles. The second-order valence-electron chi connectivity index (χ2n) is 7.17. The van der Waals surface area contributed by atoms with Crippen molar-refractivity contribution in [3.8, 4) is 11.5 Å². The lowest BCUT2D eigenvalue weighted by molar-refractivity contribution is 0.267. The van der Waals surface area contributed by atoms with E-state index in [0.717, 1.165) is 25.7 Å². The molecule has 5 aromatic rings. The Kier molecular flexibility index (Phi) is 5.84. The van der Waals surface area contributed by atoms with Gasteiger partial charge in [-0.05, 0) is 71.0 Å². The molecule has 0 atom stereocenters. The first-order valence-electron chi connectivity index (χ1n) is 10.2. The molecule has 0 aliphatic carbocycles. The van der Waals surface area contributed by atoms with E-state index in [0.29, 0.717) is 34.2 Å². The molecule has 0 saturated carbocycles. The molecule has 7 heteroatoms. The standard InChI is InChI=1S/C25H19IN2O3S/c1-2-30-21-13-17(12-18(26)23(21)31-15-16-8-4-3-5-9-16)14-22-24(29)28-20-11-7-6-10-19(20)27-25(28)32-22/h3-14H,2,15H2,1H3/b22-14+. The van der Waals surface area contributed by atoms with Gasteiger partial charge in [0.05, 0.1) is 25.7 Å². The molecule has 0 aliphatic heterocycles. The number of rotatable bonds is 6. The average Bonchev–Trinajstić information content (AvgIpc) is 3.30. The van der Waals surface area contributed by atoms with E-state index in [4.69, 9.17) is 9.47 Å². The molecule has 3 aromatic carbocycles. The van der Waals surface area contributed by atoms with Crippen LogP contribution in [0.3, 0.4) is 0 Å². The molecule has 0 aliphatic rings. The molecule has 0 bridgehead atoms. The molecule has 0 N–H and O–H groups in total. The largest absolute Gasteiger partial charge is 0.490 e. The second kappa shape index (κ2) is 8.91. The summed E-state index contributed by atoms with van der Waals surface area (Å²) in [5, 5.41) is 0. The van der Waals surface area contributed by atoms with Gasteiger partial charge in [-0.15, -0.1) is 0 Å². The number of aromatic nitrogens is 2. The average molecular weight is 554 g/mol. The Morgan fingerprint density at radius 2 is 1.84 bits per heavy atom. The maximum Gasteiger partial charge on any atom is 0.274 e. The predicted molar refractivity (Wildman–Crippen MR) is 137 cm³/mol. The lowest BCUT2D eigenvalue weighted by Gasteiger charge is -2.14. The number of halogens is 1. The third-order valence-corrected chi connectivity index (χ3v) is 6.77. The molecule has 0 unspecified atom stereocenters. The van der Waals surface area contributed by atoms with Crippen LogP contribution in [-0.4, -0.2) is 16.0 Å². The molecule has 0 spiro atoms. The van der Waals surface area contributed by atoms with Crippen LogP contribution in [0.1, 0.15) is 18.1 Å². The van der Waals surface area contributed by atoms with Gasteiger partial charge in [-0.3, -0.25) is 4.79 Å². The van der Waals surface area contributed by atoms with Crippen molar-refractivity contribution in [2.45, 2.75) is 13.5 Å². The van der Waals surface area contributed by atoms with Crippen LogP contribution in [0.4, 0.5) is 0 Å². The smallest absolute Gasteiger partial charge is 0.274 e. The van der Waals surface area contributed by atoms with Gasteiger partial charge in [0.2, 0.25) is 0 Å². The van der Waals surface area contributed by atoms with Gasteiger partial charge in [0.15, 0.2) is 16.5 Å². The SMILES string of the molecule is CCOc1cc(/C=c2/sc3nc4ccccc4n3c2=O)cc(I)c1OCc1ccccc1. The van der Waals surface area contributed by atoms with Crippen LogP contribution >= 0.6 is 33.9 Å². The van der Waals surface area contributed by atoms with Crippen LogP contribution in [0.5, 0.6) is 11.5 Å². The molecule has 0 radical (unpaired) electrons. The monoisotopic (exact) mass is 554 g/mol. The molecule has 0 saturated heterocycles. The minimum absolute atomic E-state index is 0.0592. The molecule has 32 heavy (non-hydrogen) atoms. The molecule has 2 heterocycles. The highest BCUT2D eigenvalue weighted by molar-refractivity contribution is 14.1. The van der Waals surface area contributed by atoms with Crippen molar-refractivity contribution < 1.29 is 9.47 Å². The number of para-hydroxylation sites is 2. The molecule has 0 fully saturated rings. The number of ether oxygens (including phenoxy) is 2. The van der Waals surface area contributed by atoms with Crippen molar-refractivity contribution in [1.82, 2.24) is 9.38 Å². The van der Waals surface area contributed by atoms with Gasteiger partial charge in [-0.25, -0.2) is 9.38 Å². The Labute approximate surface area is 202 Å². The van der Waals surface area contributed by atoms with E-state index in [1.54, 1.807) is 4.40 Å². The van der Waals surface area contributed by atoms with E-state index in [9.17, 15) is 4.79 Å². The van der Waals surface area contributed by atoms with Crippen molar-refractivity contribution in [3.05, 3.63) is 96.3 Å². The number of imidazole rings is 1. The van der Waals surface area contributed by atoms with Crippen LogP contribution in [0.25, 0.3) is 22.1 Å². The lowest BCUT2D eigenvalue weighted by atomic mass is 10.2.